The second-order valence-electron chi connectivity index (χ2n) is 10.4. The minimum absolute atomic E-state index is 0.0322. The Balaban J connectivity index is 2.79. The van der Waals surface area contributed by atoms with E-state index in [1.54, 1.807) is 7.05 Å². The Morgan fingerprint density at radius 2 is 1.41 bits per heavy atom. The summed E-state index contributed by atoms with van der Waals surface area (Å²) in [6.45, 7) is 11.6. The van der Waals surface area contributed by atoms with Crippen molar-refractivity contribution in [2.45, 2.75) is 89.6 Å². The van der Waals surface area contributed by atoms with Gasteiger partial charge in [-0.15, -0.1) is 0 Å². The fraction of sp³-hybridized carbons (Fsp3) is 0.708. The molecule has 0 aliphatic heterocycles. The largest absolute Gasteiger partial charge is 0.507 e. The lowest BCUT2D eigenvalue weighted by Gasteiger charge is -2.28. The fourth-order valence-corrected chi connectivity index (χ4v) is 3.36. The molecular weight excluding hydrogens is 414 g/mol. The molecule has 4 unspecified atom stereocenters. The lowest BCUT2D eigenvalue weighted by atomic mass is 9.78. The lowest BCUT2D eigenvalue weighted by molar-refractivity contribution is -0.154. The monoisotopic (exact) mass is 455 g/mol. The van der Waals surface area contributed by atoms with Crippen LogP contribution in [0.5, 0.6) is 5.75 Å². The number of hydrogen-bond donors (Lipinski definition) is 6. The highest BCUT2D eigenvalue weighted by Gasteiger charge is 2.31. The zero-order valence-corrected chi connectivity index (χ0v) is 20.3. The Labute approximate surface area is 191 Å². The molecule has 1 rings (SSSR count). The van der Waals surface area contributed by atoms with Gasteiger partial charge in [-0.05, 0) is 41.0 Å². The van der Waals surface area contributed by atoms with Crippen LogP contribution in [0.3, 0.4) is 0 Å². The molecule has 184 valence electrons. The third-order valence-corrected chi connectivity index (χ3v) is 5.37. The number of benzene rings is 1. The van der Waals surface area contributed by atoms with Crippen molar-refractivity contribution in [3.8, 4) is 5.75 Å². The first-order chi connectivity index (χ1) is 14.6. The summed E-state index contributed by atoms with van der Waals surface area (Å²) in [6.07, 6.45) is -5.62. The number of phenols is 1. The number of likely N-dealkylation sites (N-methyl/N-ethyl adjacent to an activating group) is 1. The molecule has 0 amide bonds. The van der Waals surface area contributed by atoms with E-state index in [0.29, 0.717) is 6.42 Å². The summed E-state index contributed by atoms with van der Waals surface area (Å²) in [5.41, 5.74) is 1.95. The van der Waals surface area contributed by atoms with Crippen LogP contribution < -0.4 is 5.32 Å². The van der Waals surface area contributed by atoms with Gasteiger partial charge in [0.2, 0.25) is 0 Å². The molecule has 1 aromatic rings. The van der Waals surface area contributed by atoms with Gasteiger partial charge < -0.3 is 35.6 Å². The Morgan fingerprint density at radius 1 is 0.938 bits per heavy atom. The van der Waals surface area contributed by atoms with E-state index >= 15 is 0 Å². The number of ether oxygens (including phenoxy) is 1. The number of rotatable bonds is 10. The molecule has 8 heteroatoms. The molecule has 8 nitrogen and oxygen atoms in total. The number of carbonyl (C=O) groups excluding carboxylic acids is 1. The number of aliphatic hydroxyl groups excluding tert-OH is 4. The first-order valence-corrected chi connectivity index (χ1v) is 11.0. The molecule has 0 aliphatic carbocycles. The summed E-state index contributed by atoms with van der Waals surface area (Å²) < 4.78 is 5.05. The maximum Gasteiger partial charge on any atom is 0.306 e. The van der Waals surface area contributed by atoms with E-state index in [4.69, 9.17) is 4.74 Å². The van der Waals surface area contributed by atoms with Crippen molar-refractivity contribution in [1.29, 1.82) is 0 Å². The molecular formula is C24H41NO7. The molecule has 0 saturated heterocycles. The van der Waals surface area contributed by atoms with Crippen molar-refractivity contribution < 1.29 is 35.1 Å². The minimum Gasteiger partial charge on any atom is -0.507 e. The number of esters is 1. The van der Waals surface area contributed by atoms with Crippen LogP contribution in [-0.2, 0) is 26.8 Å². The zero-order valence-electron chi connectivity index (χ0n) is 20.3. The van der Waals surface area contributed by atoms with Gasteiger partial charge in [0.1, 0.15) is 30.7 Å². The van der Waals surface area contributed by atoms with Crippen molar-refractivity contribution in [3.05, 3.63) is 28.8 Å². The standard InChI is InChI=1S/C24H41NO7/c1-23(2,3)15-10-14(11-16(20(15)29)24(4,5)6)8-9-19(28)32-13-18(27)22(31)21(30)17(26)12-25-7/h10-11,17-18,21-22,25-27,29-31H,8-9,12-13H2,1-7H3. The summed E-state index contributed by atoms with van der Waals surface area (Å²) in [5.74, 6) is -0.295. The number of phenolic OH excluding ortho intramolecular Hbond substituents is 1. The van der Waals surface area contributed by atoms with Crippen LogP contribution in [0, 0.1) is 0 Å². The number of aryl methyl sites for hydroxylation is 1. The van der Waals surface area contributed by atoms with Crippen molar-refractivity contribution in [2.75, 3.05) is 20.2 Å². The molecule has 0 spiro atoms. The van der Waals surface area contributed by atoms with Crippen molar-refractivity contribution in [3.63, 3.8) is 0 Å². The zero-order chi connectivity index (χ0) is 24.9. The fourth-order valence-electron chi connectivity index (χ4n) is 3.36. The number of aliphatic hydroxyl groups is 4. The quantitative estimate of drug-likeness (QED) is 0.289. The van der Waals surface area contributed by atoms with Gasteiger partial charge in [-0.2, -0.15) is 0 Å². The molecule has 0 radical (unpaired) electrons. The molecule has 0 bridgehead atoms. The van der Waals surface area contributed by atoms with Gasteiger partial charge in [0.15, 0.2) is 0 Å². The summed E-state index contributed by atoms with van der Waals surface area (Å²) in [4.78, 5) is 12.2. The van der Waals surface area contributed by atoms with E-state index in [0.717, 1.165) is 16.7 Å². The second-order valence-corrected chi connectivity index (χ2v) is 10.4. The smallest absolute Gasteiger partial charge is 0.306 e. The molecule has 0 aromatic heterocycles. The van der Waals surface area contributed by atoms with Gasteiger partial charge >= 0.3 is 5.97 Å². The maximum atomic E-state index is 12.2. The van der Waals surface area contributed by atoms with Crippen LogP contribution in [0.1, 0.15) is 64.7 Å². The number of carbonyl (C=O) groups is 1. The average Bonchev–Trinajstić information content (AvgIpc) is 2.68. The molecule has 0 fully saturated rings. The molecule has 4 atom stereocenters. The molecule has 0 aliphatic rings. The topological polar surface area (TPSA) is 139 Å². The van der Waals surface area contributed by atoms with Gasteiger partial charge in [0.05, 0.1) is 6.10 Å². The summed E-state index contributed by atoms with van der Waals surface area (Å²) in [7, 11) is 1.57. The van der Waals surface area contributed by atoms with E-state index < -0.39 is 37.0 Å². The minimum atomic E-state index is -1.66. The lowest BCUT2D eigenvalue weighted by Crippen LogP contribution is -2.49. The third-order valence-electron chi connectivity index (χ3n) is 5.37. The van der Waals surface area contributed by atoms with E-state index in [2.05, 4.69) is 5.32 Å². The van der Waals surface area contributed by atoms with E-state index in [-0.39, 0.29) is 29.5 Å². The van der Waals surface area contributed by atoms with E-state index in [9.17, 15) is 30.3 Å². The first kappa shape index (κ1) is 28.3. The number of aromatic hydroxyl groups is 1. The van der Waals surface area contributed by atoms with E-state index in [1.165, 1.54) is 0 Å². The molecule has 0 saturated carbocycles. The SMILES string of the molecule is CNCC(O)C(O)C(O)C(O)COC(=O)CCc1cc(C(C)(C)C)c(O)c(C(C)(C)C)c1. The third kappa shape index (κ3) is 8.01. The maximum absolute atomic E-state index is 12.2. The second kappa shape index (κ2) is 11.4. The Hall–Kier alpha value is -1.71. The number of nitrogens with one attached hydrogen (secondary N) is 1. The summed E-state index contributed by atoms with van der Waals surface area (Å²) >= 11 is 0. The van der Waals surface area contributed by atoms with Crippen molar-refractivity contribution >= 4 is 5.97 Å². The van der Waals surface area contributed by atoms with Gasteiger partial charge in [-0.25, -0.2) is 0 Å². The van der Waals surface area contributed by atoms with Gasteiger partial charge in [0, 0.05) is 13.0 Å². The molecule has 0 heterocycles. The van der Waals surface area contributed by atoms with Gasteiger partial charge in [0.25, 0.3) is 0 Å². The van der Waals surface area contributed by atoms with Gasteiger partial charge in [-0.3, -0.25) is 4.79 Å². The van der Waals surface area contributed by atoms with Crippen molar-refractivity contribution in [2.24, 2.45) is 0 Å². The Morgan fingerprint density at radius 3 is 1.84 bits per heavy atom. The highest BCUT2D eigenvalue weighted by atomic mass is 16.5. The first-order valence-electron chi connectivity index (χ1n) is 11.0. The molecule has 6 N–H and O–H groups in total. The normalized spacial score (nSPS) is 16.3. The number of hydrogen-bond acceptors (Lipinski definition) is 8. The van der Waals surface area contributed by atoms with Crippen LogP contribution in [0.25, 0.3) is 0 Å². The van der Waals surface area contributed by atoms with Crippen LogP contribution in [0.2, 0.25) is 0 Å². The van der Waals surface area contributed by atoms with Crippen molar-refractivity contribution in [1.82, 2.24) is 5.32 Å². The average molecular weight is 456 g/mol. The highest BCUT2D eigenvalue weighted by Crippen LogP contribution is 2.40. The summed E-state index contributed by atoms with van der Waals surface area (Å²) in [5, 5.41) is 52.9. The van der Waals surface area contributed by atoms with E-state index in [1.807, 2.05) is 53.7 Å². The van der Waals surface area contributed by atoms with Gasteiger partial charge in [-0.1, -0.05) is 53.7 Å². The molecule has 32 heavy (non-hydrogen) atoms. The highest BCUT2D eigenvalue weighted by molar-refractivity contribution is 5.69. The van der Waals surface area contributed by atoms with Crippen LogP contribution in [0.15, 0.2) is 12.1 Å². The predicted molar refractivity (Wildman–Crippen MR) is 123 cm³/mol. The Kier molecular flexibility index (Phi) is 10.1. The Bertz CT molecular complexity index is 717. The predicted octanol–water partition coefficient (Wildman–Crippen LogP) is 1.13. The summed E-state index contributed by atoms with van der Waals surface area (Å²) in [6, 6.07) is 3.80. The van der Waals surface area contributed by atoms with Crippen LogP contribution in [-0.4, -0.2) is 76.1 Å². The van der Waals surface area contributed by atoms with Crippen LogP contribution >= 0.6 is 0 Å². The van der Waals surface area contributed by atoms with Crippen LogP contribution in [0.4, 0.5) is 0 Å². The molecule has 1 aromatic carbocycles.